The van der Waals surface area contributed by atoms with Crippen molar-refractivity contribution in [2.75, 3.05) is 20.8 Å². The van der Waals surface area contributed by atoms with Gasteiger partial charge < -0.3 is 20.1 Å². The molecule has 0 atom stereocenters. The van der Waals surface area contributed by atoms with Gasteiger partial charge >= 0.3 is 6.09 Å². The lowest BCUT2D eigenvalue weighted by Gasteiger charge is -2.23. The topological polar surface area (TPSA) is 81.9 Å². The SMILES string of the molecule is C=C(C)/C(=C\C=C(/C)C(=O)C(COC(=O)N(C)C1CCCC1)=C(C)N)OC. The molecule has 27 heavy (non-hydrogen) atoms. The Balaban J connectivity index is 2.80. The minimum Gasteiger partial charge on any atom is -0.497 e. The normalized spacial score (nSPS) is 16.6. The number of carbonyl (C=O) groups excluding carboxylic acids is 2. The van der Waals surface area contributed by atoms with Crippen LogP contribution in [0, 0.1) is 0 Å². The summed E-state index contributed by atoms with van der Waals surface area (Å²) in [4.78, 5) is 26.6. The lowest BCUT2D eigenvalue weighted by Crippen LogP contribution is -2.36. The number of ketones is 1. The Bertz CT molecular complexity index is 664. The molecule has 0 saturated heterocycles. The van der Waals surface area contributed by atoms with E-state index in [0.29, 0.717) is 17.0 Å². The number of hydrogen-bond acceptors (Lipinski definition) is 5. The number of allylic oxidation sites excluding steroid dienone is 5. The zero-order valence-corrected chi connectivity index (χ0v) is 17.1. The molecule has 0 unspecified atom stereocenters. The first-order valence-corrected chi connectivity index (χ1v) is 9.17. The van der Waals surface area contributed by atoms with Gasteiger partial charge in [-0.2, -0.15) is 0 Å². The van der Waals surface area contributed by atoms with Crippen molar-refractivity contribution in [2.45, 2.75) is 52.5 Å². The minimum absolute atomic E-state index is 0.149. The fraction of sp³-hybridized carbons (Fsp3) is 0.524. The standard InChI is InChI=1S/C21H32N2O4/c1-14(2)19(26-6)12-11-15(3)20(24)18(16(4)22)13-27-21(25)23(5)17-9-7-8-10-17/h11-12,17H,1,7-10,13,22H2,2-6H3/b15-11+,18-16?,19-12+. The van der Waals surface area contributed by atoms with Gasteiger partial charge in [0.1, 0.15) is 12.4 Å². The second kappa shape index (κ2) is 10.6. The quantitative estimate of drug-likeness (QED) is 0.395. The number of ether oxygens (including phenoxy) is 2. The smallest absolute Gasteiger partial charge is 0.410 e. The molecule has 2 N–H and O–H groups in total. The van der Waals surface area contributed by atoms with Crippen LogP contribution >= 0.6 is 0 Å². The van der Waals surface area contributed by atoms with Crippen LogP contribution in [0.1, 0.15) is 46.5 Å². The number of Topliss-reactive ketones (excluding diaryl/α,β-unsaturated/α-hetero) is 1. The largest absolute Gasteiger partial charge is 0.497 e. The molecule has 1 amide bonds. The molecular formula is C21H32N2O4. The molecule has 1 aliphatic carbocycles. The maximum Gasteiger partial charge on any atom is 0.410 e. The first-order valence-electron chi connectivity index (χ1n) is 9.17. The summed E-state index contributed by atoms with van der Waals surface area (Å²) in [7, 11) is 3.28. The molecular weight excluding hydrogens is 344 g/mol. The van der Waals surface area contributed by atoms with Gasteiger partial charge in [0.2, 0.25) is 0 Å². The molecule has 0 radical (unpaired) electrons. The van der Waals surface area contributed by atoms with Gasteiger partial charge in [-0.15, -0.1) is 0 Å². The lowest BCUT2D eigenvalue weighted by molar-refractivity contribution is -0.112. The third-order valence-corrected chi connectivity index (χ3v) is 4.73. The third-order valence-electron chi connectivity index (χ3n) is 4.73. The Morgan fingerprint density at radius 2 is 1.78 bits per heavy atom. The summed E-state index contributed by atoms with van der Waals surface area (Å²) in [5.74, 6) is 0.321. The predicted octanol–water partition coefficient (Wildman–Crippen LogP) is 3.85. The van der Waals surface area contributed by atoms with Gasteiger partial charge in [0.05, 0.1) is 12.7 Å². The Hall–Kier alpha value is -2.50. The second-order valence-corrected chi connectivity index (χ2v) is 6.96. The van der Waals surface area contributed by atoms with Crippen LogP contribution in [-0.2, 0) is 14.3 Å². The zero-order chi connectivity index (χ0) is 20.6. The Labute approximate surface area is 162 Å². The second-order valence-electron chi connectivity index (χ2n) is 6.96. The van der Waals surface area contributed by atoms with Gasteiger partial charge in [-0.3, -0.25) is 4.79 Å². The zero-order valence-electron chi connectivity index (χ0n) is 17.1. The van der Waals surface area contributed by atoms with Crippen LogP contribution in [0.15, 0.2) is 46.9 Å². The summed E-state index contributed by atoms with van der Waals surface area (Å²) in [6.07, 6.45) is 7.12. The molecule has 0 spiro atoms. The molecule has 1 saturated carbocycles. The number of amides is 1. The maximum atomic E-state index is 12.7. The number of nitrogens with zero attached hydrogens (tertiary/aromatic N) is 1. The van der Waals surface area contributed by atoms with E-state index in [4.69, 9.17) is 15.2 Å². The lowest BCUT2D eigenvalue weighted by atomic mass is 10.0. The van der Waals surface area contributed by atoms with E-state index < -0.39 is 6.09 Å². The predicted molar refractivity (Wildman–Crippen MR) is 107 cm³/mol. The van der Waals surface area contributed by atoms with Crippen LogP contribution in [-0.4, -0.2) is 43.6 Å². The van der Waals surface area contributed by atoms with Crippen LogP contribution < -0.4 is 5.73 Å². The number of carbonyl (C=O) groups is 2. The Kier molecular flexibility index (Phi) is 8.85. The molecule has 1 rings (SSSR count). The van der Waals surface area contributed by atoms with Gasteiger partial charge in [-0.1, -0.05) is 25.5 Å². The fourth-order valence-electron chi connectivity index (χ4n) is 2.93. The van der Waals surface area contributed by atoms with Crippen molar-refractivity contribution in [1.82, 2.24) is 4.90 Å². The van der Waals surface area contributed by atoms with Crippen molar-refractivity contribution in [3.63, 3.8) is 0 Å². The number of rotatable bonds is 8. The van der Waals surface area contributed by atoms with E-state index in [1.54, 1.807) is 45.1 Å². The Morgan fingerprint density at radius 1 is 1.19 bits per heavy atom. The summed E-state index contributed by atoms with van der Waals surface area (Å²) in [6.45, 7) is 8.78. The van der Waals surface area contributed by atoms with E-state index >= 15 is 0 Å². The molecule has 0 aromatic carbocycles. The first-order chi connectivity index (χ1) is 12.7. The number of hydrogen-bond donors (Lipinski definition) is 1. The molecule has 6 heteroatoms. The first kappa shape index (κ1) is 22.5. The minimum atomic E-state index is -0.432. The average Bonchev–Trinajstić information content (AvgIpc) is 3.15. The summed E-state index contributed by atoms with van der Waals surface area (Å²) in [5, 5.41) is 0. The third kappa shape index (κ3) is 6.62. The highest BCUT2D eigenvalue weighted by atomic mass is 16.6. The van der Waals surface area contributed by atoms with E-state index in [9.17, 15) is 9.59 Å². The molecule has 1 aliphatic rings. The molecule has 0 aliphatic heterocycles. The van der Waals surface area contributed by atoms with Crippen molar-refractivity contribution < 1.29 is 19.1 Å². The summed E-state index contributed by atoms with van der Waals surface area (Å²) in [5.41, 5.74) is 7.69. The molecule has 150 valence electrons. The summed E-state index contributed by atoms with van der Waals surface area (Å²) >= 11 is 0. The van der Waals surface area contributed by atoms with Gasteiger partial charge in [0, 0.05) is 18.8 Å². The van der Waals surface area contributed by atoms with E-state index in [-0.39, 0.29) is 24.0 Å². The van der Waals surface area contributed by atoms with Gasteiger partial charge in [-0.25, -0.2) is 4.79 Å². The highest BCUT2D eigenvalue weighted by Gasteiger charge is 2.25. The molecule has 1 fully saturated rings. The highest BCUT2D eigenvalue weighted by molar-refractivity contribution is 6.08. The average molecular weight is 376 g/mol. The molecule has 0 aromatic rings. The van der Waals surface area contributed by atoms with Crippen LogP contribution in [0.25, 0.3) is 0 Å². The monoisotopic (exact) mass is 376 g/mol. The van der Waals surface area contributed by atoms with E-state index in [1.165, 1.54) is 0 Å². The molecule has 0 aromatic heterocycles. The van der Waals surface area contributed by atoms with E-state index in [1.807, 2.05) is 6.92 Å². The van der Waals surface area contributed by atoms with E-state index in [2.05, 4.69) is 6.58 Å². The fourth-order valence-corrected chi connectivity index (χ4v) is 2.93. The summed E-state index contributed by atoms with van der Waals surface area (Å²) in [6, 6.07) is 0.209. The maximum absolute atomic E-state index is 12.7. The van der Waals surface area contributed by atoms with Gasteiger partial charge in [0.15, 0.2) is 5.78 Å². The van der Waals surface area contributed by atoms with Gasteiger partial charge in [0.25, 0.3) is 0 Å². The van der Waals surface area contributed by atoms with Crippen LogP contribution in [0.3, 0.4) is 0 Å². The van der Waals surface area contributed by atoms with E-state index in [0.717, 1.165) is 31.3 Å². The molecule has 6 nitrogen and oxygen atoms in total. The summed E-state index contributed by atoms with van der Waals surface area (Å²) < 4.78 is 10.5. The van der Waals surface area contributed by atoms with Gasteiger partial charge in [-0.05, 0) is 50.8 Å². The van der Waals surface area contributed by atoms with Crippen molar-refractivity contribution in [3.05, 3.63) is 46.9 Å². The Morgan fingerprint density at radius 3 is 2.26 bits per heavy atom. The van der Waals surface area contributed by atoms with Crippen molar-refractivity contribution in [3.8, 4) is 0 Å². The number of methoxy groups -OCH3 is 1. The van der Waals surface area contributed by atoms with Crippen LogP contribution in [0.2, 0.25) is 0 Å². The molecule has 0 heterocycles. The molecule has 0 bridgehead atoms. The van der Waals surface area contributed by atoms with Crippen LogP contribution in [0.5, 0.6) is 0 Å². The van der Waals surface area contributed by atoms with Crippen molar-refractivity contribution in [1.29, 1.82) is 0 Å². The highest BCUT2D eigenvalue weighted by Crippen LogP contribution is 2.23. The van der Waals surface area contributed by atoms with Crippen molar-refractivity contribution in [2.24, 2.45) is 5.73 Å². The number of nitrogens with two attached hydrogens (primary N) is 1. The van der Waals surface area contributed by atoms with Crippen molar-refractivity contribution >= 4 is 11.9 Å². The van der Waals surface area contributed by atoms with Crippen LogP contribution in [0.4, 0.5) is 4.79 Å².